The Labute approximate surface area is 157 Å². The smallest absolute Gasteiger partial charge is 0.275 e. The molecule has 3 heterocycles. The molecular formula is C20H21N5O2. The fourth-order valence-corrected chi connectivity index (χ4v) is 3.16. The van der Waals surface area contributed by atoms with Crippen LogP contribution in [0.25, 0.3) is 11.4 Å². The topological polar surface area (TPSA) is 84.2 Å². The predicted molar refractivity (Wildman–Crippen MR) is 103 cm³/mol. The summed E-state index contributed by atoms with van der Waals surface area (Å²) in [5.41, 5.74) is 1.19. The first-order valence-corrected chi connectivity index (χ1v) is 9.13. The van der Waals surface area contributed by atoms with Crippen molar-refractivity contribution < 1.29 is 9.32 Å². The van der Waals surface area contributed by atoms with Gasteiger partial charge in [-0.05, 0) is 26.2 Å². The summed E-state index contributed by atoms with van der Waals surface area (Å²) in [7, 11) is 0. The molecule has 7 nitrogen and oxygen atoms in total. The highest BCUT2D eigenvalue weighted by atomic mass is 16.5. The van der Waals surface area contributed by atoms with E-state index in [1.54, 1.807) is 19.1 Å². The third-order valence-electron chi connectivity index (χ3n) is 4.53. The first-order valence-electron chi connectivity index (χ1n) is 9.13. The normalized spacial score (nSPS) is 14.2. The molecular weight excluding hydrogens is 342 g/mol. The lowest BCUT2D eigenvalue weighted by Gasteiger charge is -2.28. The second-order valence-corrected chi connectivity index (χ2v) is 6.63. The first-order chi connectivity index (χ1) is 13.2. The highest BCUT2D eigenvalue weighted by Crippen LogP contribution is 2.23. The van der Waals surface area contributed by atoms with E-state index in [4.69, 9.17) is 9.51 Å². The molecule has 1 fully saturated rings. The van der Waals surface area contributed by atoms with Crippen LogP contribution in [-0.4, -0.2) is 34.1 Å². The van der Waals surface area contributed by atoms with Crippen molar-refractivity contribution in [2.24, 2.45) is 0 Å². The Balaban J connectivity index is 1.69. The summed E-state index contributed by atoms with van der Waals surface area (Å²) in [4.78, 5) is 24.2. The van der Waals surface area contributed by atoms with E-state index >= 15 is 0 Å². The minimum Gasteiger partial charge on any atom is -0.360 e. The molecule has 0 atom stereocenters. The van der Waals surface area contributed by atoms with E-state index in [9.17, 15) is 4.79 Å². The number of piperidine rings is 1. The molecule has 0 unspecified atom stereocenters. The lowest BCUT2D eigenvalue weighted by Crippen LogP contribution is -2.31. The van der Waals surface area contributed by atoms with Gasteiger partial charge in [0.25, 0.3) is 5.91 Å². The number of carbonyl (C=O) groups is 1. The number of aryl methyl sites for hydroxylation is 1. The highest BCUT2D eigenvalue weighted by molar-refractivity contribution is 6.03. The number of hydrogen-bond acceptors (Lipinski definition) is 6. The Morgan fingerprint density at radius 1 is 1.07 bits per heavy atom. The van der Waals surface area contributed by atoms with E-state index in [2.05, 4.69) is 20.4 Å². The van der Waals surface area contributed by atoms with Crippen LogP contribution in [0, 0.1) is 6.92 Å². The van der Waals surface area contributed by atoms with E-state index in [-0.39, 0.29) is 5.91 Å². The molecule has 4 rings (SSSR count). The SMILES string of the molecule is Cc1cc(NC(=O)c2cc(N3CCCCC3)nc(-c3ccccc3)n2)no1. The largest absolute Gasteiger partial charge is 0.360 e. The van der Waals surface area contributed by atoms with Gasteiger partial charge in [0.05, 0.1) is 0 Å². The molecule has 27 heavy (non-hydrogen) atoms. The van der Waals surface area contributed by atoms with E-state index in [1.165, 1.54) is 6.42 Å². The van der Waals surface area contributed by atoms with Crippen LogP contribution in [-0.2, 0) is 0 Å². The van der Waals surface area contributed by atoms with Crippen LogP contribution in [0.15, 0.2) is 47.0 Å². The van der Waals surface area contributed by atoms with Gasteiger partial charge in [0.1, 0.15) is 17.3 Å². The van der Waals surface area contributed by atoms with Gasteiger partial charge in [-0.25, -0.2) is 9.97 Å². The molecule has 1 saturated heterocycles. The van der Waals surface area contributed by atoms with Crippen molar-refractivity contribution in [3.63, 3.8) is 0 Å². The quantitative estimate of drug-likeness (QED) is 0.761. The Morgan fingerprint density at radius 2 is 1.85 bits per heavy atom. The number of benzene rings is 1. The number of hydrogen-bond donors (Lipinski definition) is 1. The fraction of sp³-hybridized carbons (Fsp3) is 0.300. The van der Waals surface area contributed by atoms with Crippen LogP contribution < -0.4 is 10.2 Å². The lowest BCUT2D eigenvalue weighted by atomic mass is 10.1. The summed E-state index contributed by atoms with van der Waals surface area (Å²) >= 11 is 0. The van der Waals surface area contributed by atoms with E-state index in [1.807, 2.05) is 30.3 Å². The molecule has 0 saturated carbocycles. The Morgan fingerprint density at radius 3 is 2.56 bits per heavy atom. The number of nitrogens with zero attached hydrogens (tertiary/aromatic N) is 4. The summed E-state index contributed by atoms with van der Waals surface area (Å²) in [6, 6.07) is 13.1. The van der Waals surface area contributed by atoms with Gasteiger partial charge in [-0.3, -0.25) is 4.79 Å². The molecule has 2 aromatic heterocycles. The zero-order valence-electron chi connectivity index (χ0n) is 15.2. The van der Waals surface area contributed by atoms with Gasteiger partial charge in [0.2, 0.25) is 0 Å². The molecule has 138 valence electrons. The molecule has 1 aliphatic rings. The van der Waals surface area contributed by atoms with Crippen molar-refractivity contribution in [3.8, 4) is 11.4 Å². The Bertz CT molecular complexity index is 933. The second-order valence-electron chi connectivity index (χ2n) is 6.63. The molecule has 3 aromatic rings. The number of amides is 1. The van der Waals surface area contributed by atoms with Gasteiger partial charge in [-0.1, -0.05) is 35.5 Å². The second kappa shape index (κ2) is 7.57. The van der Waals surface area contributed by atoms with Crippen molar-refractivity contribution in [2.75, 3.05) is 23.3 Å². The van der Waals surface area contributed by atoms with Crippen LogP contribution in [0.4, 0.5) is 11.6 Å². The summed E-state index contributed by atoms with van der Waals surface area (Å²) in [6.45, 7) is 3.65. The van der Waals surface area contributed by atoms with Gasteiger partial charge in [0, 0.05) is 30.8 Å². The van der Waals surface area contributed by atoms with Gasteiger partial charge >= 0.3 is 0 Å². The van der Waals surface area contributed by atoms with Crippen molar-refractivity contribution in [2.45, 2.75) is 26.2 Å². The summed E-state index contributed by atoms with van der Waals surface area (Å²) in [6.07, 6.45) is 3.49. The predicted octanol–water partition coefficient (Wildman–Crippen LogP) is 3.68. The van der Waals surface area contributed by atoms with Crippen molar-refractivity contribution in [1.82, 2.24) is 15.1 Å². The molecule has 1 aromatic carbocycles. The number of rotatable bonds is 4. The van der Waals surface area contributed by atoms with Crippen molar-refractivity contribution in [3.05, 3.63) is 53.9 Å². The zero-order valence-corrected chi connectivity index (χ0v) is 15.2. The average Bonchev–Trinajstić information content (AvgIpc) is 3.13. The van der Waals surface area contributed by atoms with Gasteiger partial charge in [0.15, 0.2) is 11.6 Å². The first kappa shape index (κ1) is 17.2. The number of nitrogens with one attached hydrogen (secondary N) is 1. The lowest BCUT2D eigenvalue weighted by molar-refractivity contribution is 0.102. The minimum atomic E-state index is -0.332. The maximum absolute atomic E-state index is 12.7. The molecule has 0 spiro atoms. The third kappa shape index (κ3) is 3.97. The molecule has 7 heteroatoms. The zero-order chi connectivity index (χ0) is 18.6. The number of carbonyl (C=O) groups excluding carboxylic acids is 1. The standard InChI is InChI=1S/C20H21N5O2/c1-14-12-17(24-27-14)22-20(26)16-13-18(25-10-6-3-7-11-25)23-19(21-16)15-8-4-2-5-9-15/h2,4-5,8-9,12-13H,3,6-7,10-11H2,1H3,(H,22,24,26). The summed E-state index contributed by atoms with van der Waals surface area (Å²) in [5.74, 6) is 2.00. The Kier molecular flexibility index (Phi) is 4.82. The fourth-order valence-electron chi connectivity index (χ4n) is 3.16. The van der Waals surface area contributed by atoms with Crippen LogP contribution in [0.3, 0.4) is 0 Å². The Hall–Kier alpha value is -3.22. The summed E-state index contributed by atoms with van der Waals surface area (Å²) in [5, 5.41) is 6.55. The van der Waals surface area contributed by atoms with Gasteiger partial charge in [-0.15, -0.1) is 0 Å². The van der Waals surface area contributed by atoms with Crippen LogP contribution >= 0.6 is 0 Å². The molecule has 1 amide bonds. The molecule has 1 N–H and O–H groups in total. The number of anilines is 2. The molecule has 0 aliphatic carbocycles. The maximum atomic E-state index is 12.7. The minimum absolute atomic E-state index is 0.310. The summed E-state index contributed by atoms with van der Waals surface area (Å²) < 4.78 is 5.01. The average molecular weight is 363 g/mol. The van der Waals surface area contributed by atoms with Crippen LogP contribution in [0.2, 0.25) is 0 Å². The van der Waals surface area contributed by atoms with Gasteiger partial charge in [-0.2, -0.15) is 0 Å². The maximum Gasteiger partial charge on any atom is 0.275 e. The van der Waals surface area contributed by atoms with E-state index in [0.29, 0.717) is 23.1 Å². The molecule has 1 aliphatic heterocycles. The molecule has 0 bridgehead atoms. The number of aromatic nitrogens is 3. The van der Waals surface area contributed by atoms with E-state index < -0.39 is 0 Å². The highest BCUT2D eigenvalue weighted by Gasteiger charge is 2.19. The van der Waals surface area contributed by atoms with Crippen LogP contribution in [0.1, 0.15) is 35.5 Å². The third-order valence-corrected chi connectivity index (χ3v) is 4.53. The monoisotopic (exact) mass is 363 g/mol. The van der Waals surface area contributed by atoms with Crippen molar-refractivity contribution >= 4 is 17.5 Å². The van der Waals surface area contributed by atoms with Gasteiger partial charge < -0.3 is 14.7 Å². The molecule has 0 radical (unpaired) electrons. The van der Waals surface area contributed by atoms with Crippen LogP contribution in [0.5, 0.6) is 0 Å². The van der Waals surface area contributed by atoms with E-state index in [0.717, 1.165) is 37.3 Å². The van der Waals surface area contributed by atoms with Crippen molar-refractivity contribution in [1.29, 1.82) is 0 Å².